The molecule has 1 aliphatic carbocycles. The maximum atomic E-state index is 12.1. The molecule has 3 rings (SSSR count). The molecule has 1 amide bonds. The molecule has 106 valence electrons. The average molecular weight is 274 g/mol. The minimum Gasteiger partial charge on any atom is -0.481 e. The fourth-order valence-electron chi connectivity index (χ4n) is 2.59. The second-order valence-electron chi connectivity index (χ2n) is 5.68. The molecule has 1 saturated carbocycles. The Bertz CT molecular complexity index is 564. The number of amides is 1. The molecule has 5 nitrogen and oxygen atoms in total. The number of carboxylic acids is 1. The van der Waals surface area contributed by atoms with Gasteiger partial charge in [-0.15, -0.1) is 0 Å². The van der Waals surface area contributed by atoms with Gasteiger partial charge in [-0.05, 0) is 49.1 Å². The minimum atomic E-state index is -0.813. The predicted octanol–water partition coefficient (Wildman–Crippen LogP) is 0.927. The van der Waals surface area contributed by atoms with Crippen LogP contribution in [0.5, 0.6) is 0 Å². The summed E-state index contributed by atoms with van der Waals surface area (Å²) in [6, 6.07) is 5.71. The molecule has 5 heteroatoms. The van der Waals surface area contributed by atoms with E-state index in [0.29, 0.717) is 18.4 Å². The van der Waals surface area contributed by atoms with Crippen LogP contribution in [0.3, 0.4) is 0 Å². The average Bonchev–Trinajstić information content (AvgIpc) is 3.25. The van der Waals surface area contributed by atoms with Crippen molar-refractivity contribution in [3.05, 3.63) is 34.9 Å². The van der Waals surface area contributed by atoms with Gasteiger partial charge in [-0.1, -0.05) is 6.07 Å². The zero-order valence-corrected chi connectivity index (χ0v) is 11.2. The van der Waals surface area contributed by atoms with Crippen LogP contribution in [0.25, 0.3) is 0 Å². The number of benzene rings is 1. The Kier molecular flexibility index (Phi) is 3.22. The molecule has 0 atom stereocenters. The summed E-state index contributed by atoms with van der Waals surface area (Å²) in [5.74, 6) is -1.00. The summed E-state index contributed by atoms with van der Waals surface area (Å²) in [4.78, 5) is 23.2. The van der Waals surface area contributed by atoms with Crippen LogP contribution in [0.15, 0.2) is 18.2 Å². The van der Waals surface area contributed by atoms with Crippen LogP contribution < -0.4 is 10.6 Å². The number of carbonyl (C=O) groups excluding carboxylic acids is 1. The fraction of sp³-hybridized carbons (Fsp3) is 0.467. The molecule has 1 heterocycles. The summed E-state index contributed by atoms with van der Waals surface area (Å²) in [5, 5.41) is 15.1. The minimum absolute atomic E-state index is 0.189. The Morgan fingerprint density at radius 1 is 1.30 bits per heavy atom. The van der Waals surface area contributed by atoms with Crippen molar-refractivity contribution in [2.75, 3.05) is 13.1 Å². The van der Waals surface area contributed by atoms with Crippen LogP contribution in [0, 0.1) is 5.41 Å². The van der Waals surface area contributed by atoms with Crippen LogP contribution in [-0.4, -0.2) is 30.1 Å². The van der Waals surface area contributed by atoms with Crippen LogP contribution in [0.1, 0.15) is 34.3 Å². The smallest absolute Gasteiger partial charge is 0.311 e. The molecule has 1 aliphatic heterocycles. The van der Waals surface area contributed by atoms with Gasteiger partial charge >= 0.3 is 5.97 Å². The monoisotopic (exact) mass is 274 g/mol. The highest BCUT2D eigenvalue weighted by Crippen LogP contribution is 2.45. The fourth-order valence-corrected chi connectivity index (χ4v) is 2.59. The van der Waals surface area contributed by atoms with E-state index in [1.54, 1.807) is 0 Å². The molecule has 1 fully saturated rings. The Morgan fingerprint density at radius 3 is 2.80 bits per heavy atom. The first kappa shape index (κ1) is 13.1. The van der Waals surface area contributed by atoms with Gasteiger partial charge in [0.05, 0.1) is 5.41 Å². The van der Waals surface area contributed by atoms with Gasteiger partial charge in [0.25, 0.3) is 5.91 Å². The summed E-state index contributed by atoms with van der Waals surface area (Å²) in [7, 11) is 0. The van der Waals surface area contributed by atoms with Crippen molar-refractivity contribution >= 4 is 11.9 Å². The molecule has 3 N–H and O–H groups in total. The topological polar surface area (TPSA) is 78.4 Å². The van der Waals surface area contributed by atoms with Crippen LogP contribution in [-0.2, 0) is 17.8 Å². The van der Waals surface area contributed by atoms with Gasteiger partial charge in [0.2, 0.25) is 0 Å². The van der Waals surface area contributed by atoms with Gasteiger partial charge in [-0.3, -0.25) is 9.59 Å². The van der Waals surface area contributed by atoms with Crippen molar-refractivity contribution in [1.29, 1.82) is 0 Å². The SMILES string of the molecule is O=C(NCC1(C(=O)O)CC1)c1ccc2c(c1)CNCC2. The molecule has 1 aromatic rings. The molecular formula is C15H18N2O3. The number of carboxylic acid groups (broad SMARTS) is 1. The lowest BCUT2D eigenvalue weighted by atomic mass is 9.98. The van der Waals surface area contributed by atoms with Gasteiger partial charge < -0.3 is 15.7 Å². The highest BCUT2D eigenvalue weighted by atomic mass is 16.4. The summed E-state index contributed by atoms with van der Waals surface area (Å²) in [5.41, 5.74) is 2.33. The van der Waals surface area contributed by atoms with Gasteiger partial charge in [-0.2, -0.15) is 0 Å². The van der Waals surface area contributed by atoms with E-state index in [-0.39, 0.29) is 12.5 Å². The van der Waals surface area contributed by atoms with Gasteiger partial charge in [0.1, 0.15) is 0 Å². The van der Waals surface area contributed by atoms with Crippen LogP contribution in [0.4, 0.5) is 0 Å². The lowest BCUT2D eigenvalue weighted by molar-refractivity contribution is -0.143. The standard InChI is InChI=1S/C15H18N2O3/c18-13(17-9-15(4-5-15)14(19)20)11-2-1-10-3-6-16-8-12(10)7-11/h1-2,7,16H,3-6,8-9H2,(H,17,18)(H,19,20). The third kappa shape index (κ3) is 2.41. The summed E-state index contributed by atoms with van der Waals surface area (Å²) < 4.78 is 0. The Balaban J connectivity index is 1.67. The van der Waals surface area contributed by atoms with Crippen molar-refractivity contribution in [2.24, 2.45) is 5.41 Å². The summed E-state index contributed by atoms with van der Waals surface area (Å²) in [6.45, 7) is 1.98. The highest BCUT2D eigenvalue weighted by Gasteiger charge is 2.50. The van der Waals surface area contributed by atoms with Crippen LogP contribution >= 0.6 is 0 Å². The number of nitrogens with one attached hydrogen (secondary N) is 2. The lowest BCUT2D eigenvalue weighted by Crippen LogP contribution is -2.34. The molecule has 0 radical (unpaired) electrons. The predicted molar refractivity (Wildman–Crippen MR) is 73.5 cm³/mol. The number of aliphatic carboxylic acids is 1. The number of hydrogen-bond acceptors (Lipinski definition) is 3. The van der Waals surface area contributed by atoms with Gasteiger partial charge in [-0.25, -0.2) is 0 Å². The molecule has 0 spiro atoms. The second-order valence-corrected chi connectivity index (χ2v) is 5.68. The van der Waals surface area contributed by atoms with Crippen molar-refractivity contribution in [1.82, 2.24) is 10.6 Å². The normalized spacial score (nSPS) is 19.0. The third-order valence-corrected chi connectivity index (χ3v) is 4.25. The first-order chi connectivity index (χ1) is 9.61. The third-order valence-electron chi connectivity index (χ3n) is 4.25. The molecule has 0 unspecified atom stereocenters. The largest absolute Gasteiger partial charge is 0.481 e. The maximum Gasteiger partial charge on any atom is 0.311 e. The highest BCUT2D eigenvalue weighted by molar-refractivity contribution is 5.95. The Morgan fingerprint density at radius 2 is 2.10 bits per heavy atom. The van der Waals surface area contributed by atoms with Crippen molar-refractivity contribution < 1.29 is 14.7 Å². The Hall–Kier alpha value is -1.88. The molecular weight excluding hydrogens is 256 g/mol. The van der Waals surface area contributed by atoms with E-state index in [1.807, 2.05) is 18.2 Å². The maximum absolute atomic E-state index is 12.1. The first-order valence-corrected chi connectivity index (χ1v) is 6.95. The van der Waals surface area contributed by atoms with Gasteiger partial charge in [0, 0.05) is 18.7 Å². The van der Waals surface area contributed by atoms with E-state index in [0.717, 1.165) is 25.1 Å². The summed E-state index contributed by atoms with van der Waals surface area (Å²) >= 11 is 0. The molecule has 0 saturated heterocycles. The number of carbonyl (C=O) groups is 2. The molecule has 20 heavy (non-hydrogen) atoms. The molecule has 1 aromatic carbocycles. The van der Waals surface area contributed by atoms with E-state index < -0.39 is 11.4 Å². The quantitative estimate of drug-likeness (QED) is 0.763. The van der Waals surface area contributed by atoms with E-state index in [4.69, 9.17) is 5.11 Å². The zero-order valence-electron chi connectivity index (χ0n) is 11.2. The van der Waals surface area contributed by atoms with Crippen molar-refractivity contribution in [2.45, 2.75) is 25.8 Å². The second kappa shape index (κ2) is 4.90. The number of hydrogen-bond donors (Lipinski definition) is 3. The zero-order chi connectivity index (χ0) is 14.2. The first-order valence-electron chi connectivity index (χ1n) is 6.95. The number of rotatable bonds is 4. The van der Waals surface area contributed by atoms with Gasteiger partial charge in [0.15, 0.2) is 0 Å². The van der Waals surface area contributed by atoms with Crippen LogP contribution in [0.2, 0.25) is 0 Å². The molecule has 0 bridgehead atoms. The number of fused-ring (bicyclic) bond motifs is 1. The molecule has 0 aromatic heterocycles. The van der Waals surface area contributed by atoms with Crippen molar-refractivity contribution in [3.63, 3.8) is 0 Å². The molecule has 2 aliphatic rings. The van der Waals surface area contributed by atoms with E-state index in [2.05, 4.69) is 10.6 Å². The van der Waals surface area contributed by atoms with E-state index >= 15 is 0 Å². The van der Waals surface area contributed by atoms with E-state index in [1.165, 1.54) is 5.56 Å². The summed E-state index contributed by atoms with van der Waals surface area (Å²) in [6.07, 6.45) is 2.28. The lowest BCUT2D eigenvalue weighted by Gasteiger charge is -2.18. The Labute approximate surface area is 117 Å². The van der Waals surface area contributed by atoms with E-state index in [9.17, 15) is 9.59 Å². The van der Waals surface area contributed by atoms with Crippen molar-refractivity contribution in [3.8, 4) is 0 Å².